The van der Waals surface area contributed by atoms with Crippen LogP contribution in [0.15, 0.2) is 48.5 Å². The van der Waals surface area contributed by atoms with Gasteiger partial charge in [0.05, 0.1) is 23.2 Å². The van der Waals surface area contributed by atoms with Crippen LogP contribution in [-0.4, -0.2) is 35.3 Å². The summed E-state index contributed by atoms with van der Waals surface area (Å²) in [5, 5.41) is 1.19. The Labute approximate surface area is 200 Å². The number of fused-ring (bicyclic) bond motifs is 1. The van der Waals surface area contributed by atoms with Crippen LogP contribution in [0.2, 0.25) is 5.28 Å². The average Bonchev–Trinajstić information content (AvgIpc) is 3.60. The lowest BCUT2D eigenvalue weighted by molar-refractivity contribution is -0.262. The highest BCUT2D eigenvalue weighted by Gasteiger charge is 2.37. The van der Waals surface area contributed by atoms with Crippen LogP contribution >= 0.6 is 34.2 Å². The summed E-state index contributed by atoms with van der Waals surface area (Å²) in [6, 6.07) is 16.4. The molecule has 2 aliphatic rings. The van der Waals surface area contributed by atoms with E-state index in [0.717, 1.165) is 64.4 Å². The molecule has 0 N–H and O–H groups in total. The van der Waals surface area contributed by atoms with Crippen LogP contribution in [0, 0.1) is 3.57 Å². The van der Waals surface area contributed by atoms with Crippen molar-refractivity contribution in [2.24, 2.45) is 0 Å². The molecule has 5 rings (SSSR count). The maximum absolute atomic E-state index is 6.48. The lowest BCUT2D eigenvalue weighted by atomic mass is 9.92. The summed E-state index contributed by atoms with van der Waals surface area (Å²) < 4.78 is 19.9. The predicted octanol–water partition coefficient (Wildman–Crippen LogP) is 6.07. The van der Waals surface area contributed by atoms with E-state index >= 15 is 0 Å². The van der Waals surface area contributed by atoms with Gasteiger partial charge in [-0.25, -0.2) is 9.97 Å². The Bertz CT molecular complexity index is 1040. The second-order valence-corrected chi connectivity index (χ2v) is 9.65. The third-order valence-corrected chi connectivity index (χ3v) is 6.50. The Hall–Kier alpha value is -1.32. The van der Waals surface area contributed by atoms with E-state index < -0.39 is 6.29 Å². The summed E-state index contributed by atoms with van der Waals surface area (Å²) in [6.45, 7) is 0.720. The molecule has 0 radical (unpaired) electrons. The highest BCUT2D eigenvalue weighted by molar-refractivity contribution is 14.1. The number of aromatic nitrogens is 2. The standard InChI is InChI=1S/C24H24ClIN2O3/c25-24-27-19-12-9-16(26)14-18(19)22(28-24)21(15-6-2-1-3-7-15)23(30-17-10-11-17)31-20-8-4-5-13-29-20/h1-3,6-7,9,12,14,17,20-21,23H,4-5,8,10-11,13H2/t20?,21-,23?/m0/s1. The molecule has 2 fully saturated rings. The van der Waals surface area contributed by atoms with Crippen LogP contribution in [0.5, 0.6) is 0 Å². The van der Waals surface area contributed by atoms with Gasteiger partial charge in [-0.15, -0.1) is 0 Å². The smallest absolute Gasteiger partial charge is 0.223 e. The quantitative estimate of drug-likeness (QED) is 0.203. The van der Waals surface area contributed by atoms with Crippen molar-refractivity contribution in [2.75, 3.05) is 6.61 Å². The van der Waals surface area contributed by atoms with Gasteiger partial charge in [-0.3, -0.25) is 0 Å². The Morgan fingerprint density at radius 2 is 1.84 bits per heavy atom. The predicted molar refractivity (Wildman–Crippen MR) is 128 cm³/mol. The zero-order valence-electron chi connectivity index (χ0n) is 17.0. The number of halogens is 2. The maximum atomic E-state index is 6.48. The van der Waals surface area contributed by atoms with Gasteiger partial charge in [0.2, 0.25) is 5.28 Å². The molecule has 0 spiro atoms. The van der Waals surface area contributed by atoms with E-state index in [1.165, 1.54) is 0 Å². The minimum atomic E-state index is -0.523. The molecule has 2 heterocycles. The summed E-state index contributed by atoms with van der Waals surface area (Å²) in [5.41, 5.74) is 2.70. The molecule has 1 aliphatic heterocycles. The van der Waals surface area contributed by atoms with E-state index in [-0.39, 0.29) is 23.6 Å². The van der Waals surface area contributed by atoms with Crippen molar-refractivity contribution in [3.8, 4) is 0 Å². The number of hydrogen-bond donors (Lipinski definition) is 0. The fourth-order valence-electron chi connectivity index (χ4n) is 3.99. The molecule has 3 aromatic rings. The largest absolute Gasteiger partial charge is 0.353 e. The Kier molecular flexibility index (Phi) is 6.71. The number of hydrogen-bond acceptors (Lipinski definition) is 5. The van der Waals surface area contributed by atoms with Crippen molar-refractivity contribution in [1.82, 2.24) is 9.97 Å². The number of nitrogens with zero attached hydrogens (tertiary/aromatic N) is 2. The van der Waals surface area contributed by atoms with Crippen molar-refractivity contribution in [3.05, 3.63) is 68.6 Å². The lowest BCUT2D eigenvalue weighted by Gasteiger charge is -2.33. The Morgan fingerprint density at radius 1 is 1.00 bits per heavy atom. The minimum Gasteiger partial charge on any atom is -0.353 e. The SMILES string of the molecule is Clc1nc([C@H](c2ccccc2)C(OC2CC2)OC2CCCCO2)c2cc(I)ccc2n1. The third-order valence-electron chi connectivity index (χ3n) is 5.66. The average molecular weight is 551 g/mol. The van der Waals surface area contributed by atoms with Crippen LogP contribution < -0.4 is 0 Å². The highest BCUT2D eigenvalue weighted by Crippen LogP contribution is 2.39. The summed E-state index contributed by atoms with van der Waals surface area (Å²) in [4.78, 5) is 9.16. The summed E-state index contributed by atoms with van der Waals surface area (Å²) in [6.07, 6.45) is 4.56. The first-order chi connectivity index (χ1) is 15.2. The second kappa shape index (κ2) is 9.67. The molecular weight excluding hydrogens is 527 g/mol. The van der Waals surface area contributed by atoms with E-state index in [0.29, 0.717) is 0 Å². The number of ether oxygens (including phenoxy) is 3. The van der Waals surface area contributed by atoms with Gasteiger partial charge in [-0.1, -0.05) is 30.3 Å². The van der Waals surface area contributed by atoms with E-state index in [4.69, 9.17) is 30.8 Å². The van der Waals surface area contributed by atoms with E-state index in [1.807, 2.05) is 30.3 Å². The maximum Gasteiger partial charge on any atom is 0.223 e. The van der Waals surface area contributed by atoms with Crippen molar-refractivity contribution < 1.29 is 14.2 Å². The lowest BCUT2D eigenvalue weighted by Crippen LogP contribution is -2.35. The van der Waals surface area contributed by atoms with E-state index in [1.54, 1.807) is 0 Å². The Balaban J connectivity index is 1.62. The van der Waals surface area contributed by atoms with Gasteiger partial charge >= 0.3 is 0 Å². The van der Waals surface area contributed by atoms with Gasteiger partial charge in [-0.2, -0.15) is 0 Å². The molecule has 1 aliphatic carbocycles. The topological polar surface area (TPSA) is 53.5 Å². The van der Waals surface area contributed by atoms with Crippen molar-refractivity contribution in [2.45, 2.75) is 56.7 Å². The molecule has 1 aromatic heterocycles. The molecule has 2 unspecified atom stereocenters. The first-order valence-electron chi connectivity index (χ1n) is 10.8. The van der Waals surface area contributed by atoms with Gasteiger partial charge in [-0.05, 0) is 90.1 Å². The zero-order chi connectivity index (χ0) is 21.2. The normalized spacial score (nSPS) is 21.2. The molecule has 1 saturated heterocycles. The summed E-state index contributed by atoms with van der Waals surface area (Å²) in [7, 11) is 0. The molecule has 2 aromatic carbocycles. The number of rotatable bonds is 7. The molecule has 31 heavy (non-hydrogen) atoms. The summed E-state index contributed by atoms with van der Waals surface area (Å²) in [5.74, 6) is -0.256. The zero-order valence-corrected chi connectivity index (χ0v) is 20.0. The van der Waals surface area contributed by atoms with Gasteiger partial charge in [0.1, 0.15) is 0 Å². The number of benzene rings is 2. The third kappa shape index (κ3) is 5.20. The highest BCUT2D eigenvalue weighted by atomic mass is 127. The van der Waals surface area contributed by atoms with Gasteiger partial charge in [0.15, 0.2) is 12.6 Å². The first kappa shape index (κ1) is 21.5. The van der Waals surface area contributed by atoms with Crippen molar-refractivity contribution >= 4 is 45.1 Å². The molecule has 1 saturated carbocycles. The minimum absolute atomic E-state index is 0.212. The summed E-state index contributed by atoms with van der Waals surface area (Å²) >= 11 is 8.69. The Morgan fingerprint density at radius 3 is 2.58 bits per heavy atom. The molecule has 5 nitrogen and oxygen atoms in total. The van der Waals surface area contributed by atoms with Crippen LogP contribution in [0.25, 0.3) is 10.9 Å². The fourth-order valence-corrected chi connectivity index (χ4v) is 4.66. The molecular formula is C24H24ClIN2O3. The molecule has 3 atom stereocenters. The molecule has 0 amide bonds. The molecule has 0 bridgehead atoms. The first-order valence-corrected chi connectivity index (χ1v) is 12.2. The fraction of sp³-hybridized carbons (Fsp3) is 0.417. The second-order valence-electron chi connectivity index (χ2n) is 8.06. The van der Waals surface area contributed by atoms with Crippen molar-refractivity contribution in [1.29, 1.82) is 0 Å². The van der Waals surface area contributed by atoms with E-state index in [9.17, 15) is 0 Å². The van der Waals surface area contributed by atoms with Crippen LogP contribution in [0.4, 0.5) is 0 Å². The van der Waals surface area contributed by atoms with Crippen LogP contribution in [0.3, 0.4) is 0 Å². The van der Waals surface area contributed by atoms with Gasteiger partial charge < -0.3 is 14.2 Å². The molecule has 162 valence electrons. The van der Waals surface area contributed by atoms with Gasteiger partial charge in [0, 0.05) is 15.6 Å². The monoisotopic (exact) mass is 550 g/mol. The van der Waals surface area contributed by atoms with Gasteiger partial charge in [0.25, 0.3) is 0 Å². The van der Waals surface area contributed by atoms with Crippen LogP contribution in [0.1, 0.15) is 49.3 Å². The van der Waals surface area contributed by atoms with Crippen LogP contribution in [-0.2, 0) is 14.2 Å². The van der Waals surface area contributed by atoms with E-state index in [2.05, 4.69) is 45.8 Å². The molecule has 7 heteroatoms. The van der Waals surface area contributed by atoms with Crippen molar-refractivity contribution in [3.63, 3.8) is 0 Å².